The molecule has 20 heavy (non-hydrogen) atoms. The Morgan fingerprint density at radius 2 is 1.95 bits per heavy atom. The summed E-state index contributed by atoms with van der Waals surface area (Å²) in [5.74, 6) is -1.50. The smallest absolute Gasteiger partial charge is 0.337 e. The minimum Gasteiger partial charge on any atom is -0.478 e. The first-order valence-electron chi connectivity index (χ1n) is 6.09. The van der Waals surface area contributed by atoms with Crippen molar-refractivity contribution in [1.82, 2.24) is 0 Å². The molecule has 0 aliphatic heterocycles. The summed E-state index contributed by atoms with van der Waals surface area (Å²) >= 11 is 5.83. The molecular formula is C15H13ClFNO2. The zero-order valence-corrected chi connectivity index (χ0v) is 11.6. The molecule has 3 nitrogen and oxygen atoms in total. The lowest BCUT2D eigenvalue weighted by molar-refractivity contribution is 0.0697. The Bertz CT molecular complexity index is 646. The Kier molecular flexibility index (Phi) is 4.25. The van der Waals surface area contributed by atoms with Crippen LogP contribution < -0.4 is 4.90 Å². The SMILES string of the molecule is CCN(c1ccccc1F)c1ccc(Cl)cc1C(=O)O. The average Bonchev–Trinajstić information content (AvgIpc) is 2.42. The van der Waals surface area contributed by atoms with E-state index in [4.69, 9.17) is 11.6 Å². The van der Waals surface area contributed by atoms with Crippen molar-refractivity contribution >= 4 is 28.9 Å². The molecule has 0 radical (unpaired) electrons. The van der Waals surface area contributed by atoms with E-state index in [1.807, 2.05) is 6.92 Å². The minimum atomic E-state index is -1.10. The Hall–Kier alpha value is -2.07. The van der Waals surface area contributed by atoms with E-state index in [0.717, 1.165) is 0 Å². The predicted octanol–water partition coefficient (Wildman–Crippen LogP) is 4.34. The zero-order chi connectivity index (χ0) is 14.7. The van der Waals surface area contributed by atoms with Gasteiger partial charge in [-0.05, 0) is 37.3 Å². The topological polar surface area (TPSA) is 40.5 Å². The van der Waals surface area contributed by atoms with E-state index < -0.39 is 11.8 Å². The van der Waals surface area contributed by atoms with E-state index >= 15 is 0 Å². The summed E-state index contributed by atoms with van der Waals surface area (Å²) in [4.78, 5) is 12.9. The average molecular weight is 294 g/mol. The maximum Gasteiger partial charge on any atom is 0.337 e. The van der Waals surface area contributed by atoms with Crippen LogP contribution in [0.5, 0.6) is 0 Å². The molecule has 0 amide bonds. The van der Waals surface area contributed by atoms with Crippen LogP contribution in [0.15, 0.2) is 42.5 Å². The Balaban J connectivity index is 2.58. The standard InChI is InChI=1S/C15H13ClFNO2/c1-2-18(14-6-4-3-5-12(14)17)13-8-7-10(16)9-11(13)15(19)20/h3-9H,2H2,1H3,(H,19,20). The number of rotatable bonds is 4. The summed E-state index contributed by atoms with van der Waals surface area (Å²) in [7, 11) is 0. The molecular weight excluding hydrogens is 281 g/mol. The summed E-state index contributed by atoms with van der Waals surface area (Å²) < 4.78 is 13.9. The van der Waals surface area contributed by atoms with Gasteiger partial charge in [-0.25, -0.2) is 9.18 Å². The quantitative estimate of drug-likeness (QED) is 0.912. The highest BCUT2D eigenvalue weighted by atomic mass is 35.5. The number of anilines is 2. The molecule has 0 heterocycles. The first kappa shape index (κ1) is 14.3. The van der Waals surface area contributed by atoms with Gasteiger partial charge in [-0.15, -0.1) is 0 Å². The first-order chi connectivity index (χ1) is 9.54. The number of aromatic carboxylic acids is 1. The molecule has 0 unspecified atom stereocenters. The molecule has 2 rings (SSSR count). The molecule has 0 saturated heterocycles. The third-order valence-corrected chi connectivity index (χ3v) is 3.17. The van der Waals surface area contributed by atoms with Crippen LogP contribution in [-0.4, -0.2) is 17.6 Å². The largest absolute Gasteiger partial charge is 0.478 e. The zero-order valence-electron chi connectivity index (χ0n) is 10.8. The Morgan fingerprint density at radius 3 is 2.55 bits per heavy atom. The molecule has 2 aromatic carbocycles. The number of para-hydroxylation sites is 1. The number of nitrogens with zero attached hydrogens (tertiary/aromatic N) is 1. The monoisotopic (exact) mass is 293 g/mol. The van der Waals surface area contributed by atoms with Crippen molar-refractivity contribution in [2.24, 2.45) is 0 Å². The number of benzene rings is 2. The van der Waals surface area contributed by atoms with Gasteiger partial charge < -0.3 is 10.0 Å². The lowest BCUT2D eigenvalue weighted by Gasteiger charge is -2.25. The molecule has 0 aromatic heterocycles. The molecule has 0 bridgehead atoms. The van der Waals surface area contributed by atoms with Crippen LogP contribution >= 0.6 is 11.6 Å². The number of hydrogen-bond acceptors (Lipinski definition) is 2. The lowest BCUT2D eigenvalue weighted by Crippen LogP contribution is -2.20. The van der Waals surface area contributed by atoms with Crippen LogP contribution in [0, 0.1) is 5.82 Å². The molecule has 104 valence electrons. The fourth-order valence-corrected chi connectivity index (χ4v) is 2.23. The van der Waals surface area contributed by atoms with Gasteiger partial charge in [-0.1, -0.05) is 23.7 Å². The van der Waals surface area contributed by atoms with E-state index in [0.29, 0.717) is 22.9 Å². The van der Waals surface area contributed by atoms with Gasteiger partial charge in [0, 0.05) is 11.6 Å². The predicted molar refractivity (Wildman–Crippen MR) is 77.5 cm³/mol. The van der Waals surface area contributed by atoms with Crippen molar-refractivity contribution in [3.05, 3.63) is 58.9 Å². The highest BCUT2D eigenvalue weighted by Crippen LogP contribution is 2.31. The second kappa shape index (κ2) is 5.92. The van der Waals surface area contributed by atoms with Gasteiger partial charge in [0.2, 0.25) is 0 Å². The summed E-state index contributed by atoms with van der Waals surface area (Å²) in [6.07, 6.45) is 0. The van der Waals surface area contributed by atoms with Gasteiger partial charge in [0.25, 0.3) is 0 Å². The molecule has 0 aliphatic carbocycles. The molecule has 1 N–H and O–H groups in total. The fraction of sp³-hybridized carbons (Fsp3) is 0.133. The van der Waals surface area contributed by atoms with Crippen LogP contribution in [0.2, 0.25) is 5.02 Å². The maximum atomic E-state index is 13.9. The molecule has 0 atom stereocenters. The molecule has 0 spiro atoms. The minimum absolute atomic E-state index is 0.0441. The molecule has 0 saturated carbocycles. The van der Waals surface area contributed by atoms with Crippen LogP contribution in [0.3, 0.4) is 0 Å². The van der Waals surface area contributed by atoms with E-state index in [2.05, 4.69) is 0 Å². The summed E-state index contributed by atoms with van der Waals surface area (Å²) in [6.45, 7) is 2.26. The number of carboxylic acid groups (broad SMARTS) is 1. The van der Waals surface area contributed by atoms with Crippen LogP contribution in [-0.2, 0) is 0 Å². The van der Waals surface area contributed by atoms with Crippen molar-refractivity contribution in [2.75, 3.05) is 11.4 Å². The van der Waals surface area contributed by atoms with E-state index in [9.17, 15) is 14.3 Å². The van der Waals surface area contributed by atoms with Gasteiger partial charge in [-0.2, -0.15) is 0 Å². The van der Waals surface area contributed by atoms with E-state index in [1.165, 1.54) is 12.1 Å². The second-order valence-corrected chi connectivity index (χ2v) is 4.60. The van der Waals surface area contributed by atoms with Crippen molar-refractivity contribution in [1.29, 1.82) is 0 Å². The Labute approximate surface area is 121 Å². The van der Waals surface area contributed by atoms with Gasteiger partial charge in [-0.3, -0.25) is 0 Å². The van der Waals surface area contributed by atoms with Gasteiger partial charge in [0.05, 0.1) is 16.9 Å². The van der Waals surface area contributed by atoms with Gasteiger partial charge in [0.1, 0.15) is 5.82 Å². The second-order valence-electron chi connectivity index (χ2n) is 4.16. The van der Waals surface area contributed by atoms with Crippen molar-refractivity contribution < 1.29 is 14.3 Å². The Morgan fingerprint density at radius 1 is 1.25 bits per heavy atom. The third-order valence-electron chi connectivity index (χ3n) is 2.94. The number of carboxylic acids is 1. The van der Waals surface area contributed by atoms with Gasteiger partial charge >= 0.3 is 5.97 Å². The van der Waals surface area contributed by atoms with Crippen LogP contribution in [0.1, 0.15) is 17.3 Å². The van der Waals surface area contributed by atoms with Crippen molar-refractivity contribution in [2.45, 2.75) is 6.92 Å². The molecule has 5 heteroatoms. The third kappa shape index (κ3) is 2.75. The highest BCUT2D eigenvalue weighted by Gasteiger charge is 2.18. The lowest BCUT2D eigenvalue weighted by atomic mass is 10.1. The summed E-state index contributed by atoms with van der Waals surface area (Å²) in [5, 5.41) is 9.60. The van der Waals surface area contributed by atoms with Crippen LogP contribution in [0.4, 0.5) is 15.8 Å². The number of carbonyl (C=O) groups is 1. The normalized spacial score (nSPS) is 10.3. The first-order valence-corrected chi connectivity index (χ1v) is 6.47. The summed E-state index contributed by atoms with van der Waals surface area (Å²) in [6, 6.07) is 10.8. The molecule has 0 aliphatic rings. The fourth-order valence-electron chi connectivity index (χ4n) is 2.06. The van der Waals surface area contributed by atoms with Crippen LogP contribution in [0.25, 0.3) is 0 Å². The number of halogens is 2. The van der Waals surface area contributed by atoms with Gasteiger partial charge in [0.15, 0.2) is 0 Å². The van der Waals surface area contributed by atoms with E-state index in [-0.39, 0.29) is 5.56 Å². The van der Waals surface area contributed by atoms with Crippen molar-refractivity contribution in [3.8, 4) is 0 Å². The maximum absolute atomic E-state index is 13.9. The molecule has 2 aromatic rings. The number of hydrogen-bond donors (Lipinski definition) is 1. The highest BCUT2D eigenvalue weighted by molar-refractivity contribution is 6.31. The molecule has 0 fully saturated rings. The van der Waals surface area contributed by atoms with E-state index in [1.54, 1.807) is 35.2 Å². The summed E-state index contributed by atoms with van der Waals surface area (Å²) in [5.41, 5.74) is 0.789. The van der Waals surface area contributed by atoms with Crippen molar-refractivity contribution in [3.63, 3.8) is 0 Å².